The molecule has 0 radical (unpaired) electrons. The van der Waals surface area contributed by atoms with Crippen molar-refractivity contribution in [2.75, 3.05) is 19.9 Å². The van der Waals surface area contributed by atoms with E-state index in [9.17, 15) is 9.36 Å². The van der Waals surface area contributed by atoms with Crippen LogP contribution in [0.1, 0.15) is 39.7 Å². The highest BCUT2D eigenvalue weighted by molar-refractivity contribution is 7.57. The van der Waals surface area contributed by atoms with Gasteiger partial charge in [0.2, 0.25) is 0 Å². The Morgan fingerprint density at radius 2 is 1.71 bits per heavy atom. The maximum absolute atomic E-state index is 12.2. The van der Waals surface area contributed by atoms with Crippen molar-refractivity contribution in [2.24, 2.45) is 0 Å². The number of alkyl carbamates (subject to hydrolysis) is 1. The van der Waals surface area contributed by atoms with Crippen LogP contribution in [0, 0.1) is 0 Å². The lowest BCUT2D eigenvalue weighted by Crippen LogP contribution is -2.51. The highest BCUT2D eigenvalue weighted by Crippen LogP contribution is 2.38. The Hall–Kier alpha value is -1.32. The first kappa shape index (κ1) is 20.7. The Bertz CT molecular complexity index is 576. The zero-order chi connectivity index (χ0) is 18.4. The second-order valence-electron chi connectivity index (χ2n) is 7.70. The predicted molar refractivity (Wildman–Crippen MR) is 97.9 cm³/mol. The van der Waals surface area contributed by atoms with Crippen LogP contribution in [-0.4, -0.2) is 37.2 Å². The molecule has 1 aromatic rings. The van der Waals surface area contributed by atoms with E-state index in [0.29, 0.717) is 6.42 Å². The topological polar surface area (TPSA) is 64.6 Å². The van der Waals surface area contributed by atoms with Crippen LogP contribution < -0.4 is 5.32 Å². The number of nitrogens with one attached hydrogen (secondary N) is 1. The van der Waals surface area contributed by atoms with Crippen LogP contribution in [0.2, 0.25) is 0 Å². The van der Waals surface area contributed by atoms with E-state index in [-0.39, 0.29) is 6.61 Å². The average Bonchev–Trinajstić information content (AvgIpc) is 2.42. The number of amides is 1. The molecule has 0 aromatic heterocycles. The molecule has 0 saturated carbocycles. The maximum Gasteiger partial charge on any atom is 0.408 e. The monoisotopic (exact) mass is 355 g/mol. The lowest BCUT2D eigenvalue weighted by Gasteiger charge is -2.32. The summed E-state index contributed by atoms with van der Waals surface area (Å²) in [6, 6.07) is 10.0. The molecule has 0 bridgehead atoms. The zero-order valence-electron chi connectivity index (χ0n) is 15.6. The van der Waals surface area contributed by atoms with E-state index in [4.69, 9.17) is 9.26 Å². The summed E-state index contributed by atoms with van der Waals surface area (Å²) in [5.74, 6) is 0. The largest absolute Gasteiger partial charge is 0.444 e. The number of hydrogen-bond donors (Lipinski definition) is 1. The van der Waals surface area contributed by atoms with Crippen LogP contribution >= 0.6 is 7.37 Å². The van der Waals surface area contributed by atoms with Crippen molar-refractivity contribution in [1.29, 1.82) is 0 Å². The fourth-order valence-corrected chi connectivity index (χ4v) is 2.68. The molecule has 24 heavy (non-hydrogen) atoms. The molecule has 5 nitrogen and oxygen atoms in total. The van der Waals surface area contributed by atoms with Crippen LogP contribution in [-0.2, 0) is 20.2 Å². The molecule has 0 aliphatic heterocycles. The molecule has 0 aliphatic carbocycles. The molecule has 1 atom stereocenters. The third-order valence-corrected chi connectivity index (χ3v) is 4.06. The molecule has 0 unspecified atom stereocenters. The minimum atomic E-state index is -2.63. The third-order valence-electron chi connectivity index (χ3n) is 3.31. The van der Waals surface area contributed by atoms with Gasteiger partial charge in [-0.05, 0) is 46.1 Å². The van der Waals surface area contributed by atoms with Crippen molar-refractivity contribution >= 4 is 13.5 Å². The summed E-state index contributed by atoms with van der Waals surface area (Å²) >= 11 is 0. The first-order chi connectivity index (χ1) is 10.9. The van der Waals surface area contributed by atoms with Gasteiger partial charge in [0.25, 0.3) is 0 Å². The second kappa shape index (κ2) is 8.17. The Kier molecular flexibility index (Phi) is 7.06. The van der Waals surface area contributed by atoms with Crippen LogP contribution in [0.4, 0.5) is 4.79 Å². The third kappa shape index (κ3) is 9.09. The van der Waals surface area contributed by atoms with Crippen LogP contribution in [0.25, 0.3) is 0 Å². The number of rotatable bonds is 7. The van der Waals surface area contributed by atoms with Crippen LogP contribution in [0.5, 0.6) is 0 Å². The van der Waals surface area contributed by atoms with Gasteiger partial charge in [0.1, 0.15) is 5.60 Å². The fraction of sp³-hybridized carbons (Fsp3) is 0.611. The lowest BCUT2D eigenvalue weighted by molar-refractivity contribution is 0.0420. The van der Waals surface area contributed by atoms with Gasteiger partial charge in [-0.2, -0.15) is 0 Å². The Morgan fingerprint density at radius 3 is 2.21 bits per heavy atom. The van der Waals surface area contributed by atoms with E-state index in [2.05, 4.69) is 5.32 Å². The summed E-state index contributed by atoms with van der Waals surface area (Å²) in [5.41, 5.74) is -0.0680. The number of ether oxygens (including phenoxy) is 1. The first-order valence-electron chi connectivity index (χ1n) is 8.13. The van der Waals surface area contributed by atoms with Crippen molar-refractivity contribution in [3.05, 3.63) is 35.9 Å². The molecule has 0 aliphatic rings. The molecule has 0 saturated heterocycles. The molecule has 1 N–H and O–H groups in total. The smallest absolute Gasteiger partial charge is 0.408 e. The summed E-state index contributed by atoms with van der Waals surface area (Å²) < 4.78 is 22.7. The minimum absolute atomic E-state index is 0.170. The van der Waals surface area contributed by atoms with Crippen LogP contribution in [0.3, 0.4) is 0 Å². The fourth-order valence-electron chi connectivity index (χ4n) is 2.08. The molecule has 0 spiro atoms. The Balaban J connectivity index is 2.77. The van der Waals surface area contributed by atoms with Gasteiger partial charge in [-0.25, -0.2) is 4.79 Å². The standard InChI is InChI=1S/C18H30NO4P/c1-17(2,3)23-16(20)19-18(4,14-22-24(5,6)21)13-12-15-10-8-7-9-11-15/h7-11H,12-14H2,1-6H3,(H,19,20)/t18-/m1/s1. The van der Waals surface area contributed by atoms with E-state index in [0.717, 1.165) is 6.42 Å². The van der Waals surface area contributed by atoms with Gasteiger partial charge in [0.05, 0.1) is 12.1 Å². The van der Waals surface area contributed by atoms with Gasteiger partial charge in [-0.1, -0.05) is 30.3 Å². The molecule has 6 heteroatoms. The quantitative estimate of drug-likeness (QED) is 0.734. The van der Waals surface area contributed by atoms with Gasteiger partial charge in [-0.3, -0.25) is 4.57 Å². The van der Waals surface area contributed by atoms with Crippen molar-refractivity contribution in [3.63, 3.8) is 0 Å². The molecular formula is C18H30NO4P. The Labute approximate surface area is 145 Å². The second-order valence-corrected chi connectivity index (χ2v) is 10.5. The highest BCUT2D eigenvalue weighted by atomic mass is 31.2. The molecule has 0 heterocycles. The molecule has 1 rings (SSSR count). The van der Waals surface area contributed by atoms with Crippen molar-refractivity contribution in [2.45, 2.75) is 51.7 Å². The van der Waals surface area contributed by atoms with Gasteiger partial charge in [0.15, 0.2) is 7.37 Å². The average molecular weight is 355 g/mol. The highest BCUT2D eigenvalue weighted by Gasteiger charge is 2.30. The van der Waals surface area contributed by atoms with Gasteiger partial charge < -0.3 is 14.6 Å². The van der Waals surface area contributed by atoms with Gasteiger partial charge >= 0.3 is 6.09 Å². The number of aryl methyl sites for hydroxylation is 1. The summed E-state index contributed by atoms with van der Waals surface area (Å²) in [6.45, 7) is 10.6. The molecule has 1 amide bonds. The summed E-state index contributed by atoms with van der Waals surface area (Å²) in [4.78, 5) is 12.2. The van der Waals surface area contributed by atoms with Crippen molar-refractivity contribution in [3.8, 4) is 0 Å². The predicted octanol–water partition coefficient (Wildman–Crippen LogP) is 4.46. The maximum atomic E-state index is 12.2. The SMILES string of the molecule is CC(C)(C)OC(=O)N[C@](C)(CCc1ccccc1)COP(C)(C)=O. The molecule has 0 fully saturated rings. The van der Waals surface area contributed by atoms with E-state index >= 15 is 0 Å². The number of carbonyl (C=O) groups is 1. The number of benzene rings is 1. The number of carbonyl (C=O) groups excluding carboxylic acids is 1. The number of hydrogen-bond acceptors (Lipinski definition) is 4. The van der Waals surface area contributed by atoms with Gasteiger partial charge in [0, 0.05) is 13.3 Å². The Morgan fingerprint density at radius 1 is 1.12 bits per heavy atom. The normalized spacial score (nSPS) is 14.8. The van der Waals surface area contributed by atoms with E-state index in [1.807, 2.05) is 58.0 Å². The summed E-state index contributed by atoms with van der Waals surface area (Å²) in [7, 11) is -2.63. The van der Waals surface area contributed by atoms with Crippen molar-refractivity contribution in [1.82, 2.24) is 5.32 Å². The van der Waals surface area contributed by atoms with Crippen LogP contribution in [0.15, 0.2) is 30.3 Å². The first-order valence-corrected chi connectivity index (χ1v) is 10.7. The summed E-state index contributed by atoms with van der Waals surface area (Å²) in [5, 5.41) is 2.89. The molecular weight excluding hydrogens is 325 g/mol. The summed E-state index contributed by atoms with van der Waals surface area (Å²) in [6.07, 6.45) is 0.925. The van der Waals surface area contributed by atoms with E-state index < -0.39 is 24.6 Å². The van der Waals surface area contributed by atoms with Gasteiger partial charge in [-0.15, -0.1) is 0 Å². The lowest BCUT2D eigenvalue weighted by atomic mass is 9.94. The zero-order valence-corrected chi connectivity index (χ0v) is 16.5. The van der Waals surface area contributed by atoms with Crippen molar-refractivity contribution < 1.29 is 18.6 Å². The molecule has 1 aromatic carbocycles. The van der Waals surface area contributed by atoms with E-state index in [1.165, 1.54) is 5.56 Å². The molecule has 136 valence electrons. The van der Waals surface area contributed by atoms with E-state index in [1.54, 1.807) is 13.3 Å². The minimum Gasteiger partial charge on any atom is -0.444 e.